The summed E-state index contributed by atoms with van der Waals surface area (Å²) in [7, 11) is 3.84. The third kappa shape index (κ3) is 2.82. The van der Waals surface area contributed by atoms with Gasteiger partial charge in [-0.2, -0.15) is 5.10 Å². The van der Waals surface area contributed by atoms with Crippen LogP contribution < -0.4 is 10.2 Å². The first kappa shape index (κ1) is 14.5. The fourth-order valence-electron chi connectivity index (χ4n) is 2.37. The zero-order valence-electron chi connectivity index (χ0n) is 12.4. The van der Waals surface area contributed by atoms with Gasteiger partial charge >= 0.3 is 0 Å². The number of nitrogens with one attached hydrogen (secondary N) is 1. The quantitative estimate of drug-likeness (QED) is 0.911. The molecule has 5 heteroatoms. The van der Waals surface area contributed by atoms with Gasteiger partial charge in [0, 0.05) is 31.9 Å². The molecule has 0 saturated carbocycles. The van der Waals surface area contributed by atoms with Crippen LogP contribution in [0.15, 0.2) is 24.3 Å². The Balaban J connectivity index is 2.40. The van der Waals surface area contributed by atoms with Crippen molar-refractivity contribution in [3.05, 3.63) is 41.3 Å². The van der Waals surface area contributed by atoms with Crippen molar-refractivity contribution >= 4 is 11.5 Å². The van der Waals surface area contributed by atoms with Gasteiger partial charge in [0.1, 0.15) is 11.6 Å². The molecule has 1 aromatic carbocycles. The van der Waals surface area contributed by atoms with Crippen molar-refractivity contribution in [2.24, 2.45) is 7.05 Å². The van der Waals surface area contributed by atoms with E-state index >= 15 is 0 Å². The Kier molecular flexibility index (Phi) is 4.39. The molecule has 0 aliphatic rings. The summed E-state index contributed by atoms with van der Waals surface area (Å²) < 4.78 is 15.2. The first-order chi connectivity index (χ1) is 9.54. The van der Waals surface area contributed by atoms with Crippen molar-refractivity contribution in [1.82, 2.24) is 15.1 Å². The molecule has 2 aromatic rings. The number of benzene rings is 1. The van der Waals surface area contributed by atoms with Crippen molar-refractivity contribution in [2.45, 2.75) is 20.4 Å². The zero-order valence-corrected chi connectivity index (χ0v) is 12.4. The predicted octanol–water partition coefficient (Wildman–Crippen LogP) is 2.75. The first-order valence-electron chi connectivity index (χ1n) is 6.77. The van der Waals surface area contributed by atoms with Crippen LogP contribution in [0.4, 0.5) is 15.9 Å². The van der Waals surface area contributed by atoms with Gasteiger partial charge in [0.15, 0.2) is 0 Å². The van der Waals surface area contributed by atoms with E-state index in [4.69, 9.17) is 0 Å². The lowest BCUT2D eigenvalue weighted by atomic mass is 10.2. The second-order valence-corrected chi connectivity index (χ2v) is 4.83. The van der Waals surface area contributed by atoms with Crippen LogP contribution in [0.1, 0.15) is 18.2 Å². The molecule has 20 heavy (non-hydrogen) atoms. The van der Waals surface area contributed by atoms with Crippen molar-refractivity contribution in [3.63, 3.8) is 0 Å². The Hall–Kier alpha value is -1.88. The number of nitrogens with zero attached hydrogens (tertiary/aromatic N) is 3. The SMILES string of the molecule is CCNCc1c(C)nn(C)c1N(C)c1cccc(F)c1. The summed E-state index contributed by atoms with van der Waals surface area (Å²) in [4.78, 5) is 1.97. The lowest BCUT2D eigenvalue weighted by Gasteiger charge is -2.21. The van der Waals surface area contributed by atoms with Crippen LogP contribution in [-0.4, -0.2) is 23.4 Å². The van der Waals surface area contributed by atoms with Gasteiger partial charge in [-0.05, 0) is 31.7 Å². The van der Waals surface area contributed by atoms with Gasteiger partial charge in [-0.25, -0.2) is 4.39 Å². The number of hydrogen-bond acceptors (Lipinski definition) is 3. The number of aromatic nitrogens is 2. The topological polar surface area (TPSA) is 33.1 Å². The van der Waals surface area contributed by atoms with Crippen LogP contribution in [0.2, 0.25) is 0 Å². The third-order valence-corrected chi connectivity index (χ3v) is 3.38. The highest BCUT2D eigenvalue weighted by molar-refractivity contribution is 5.63. The molecule has 0 aliphatic carbocycles. The van der Waals surface area contributed by atoms with Crippen molar-refractivity contribution in [1.29, 1.82) is 0 Å². The second kappa shape index (κ2) is 6.05. The molecule has 0 unspecified atom stereocenters. The molecule has 0 atom stereocenters. The average Bonchev–Trinajstić information content (AvgIpc) is 2.69. The number of rotatable bonds is 5. The summed E-state index contributed by atoms with van der Waals surface area (Å²) in [5.74, 6) is 0.746. The van der Waals surface area contributed by atoms with E-state index in [0.717, 1.165) is 35.9 Å². The maximum absolute atomic E-state index is 13.4. The number of anilines is 2. The molecule has 0 radical (unpaired) electrons. The summed E-state index contributed by atoms with van der Waals surface area (Å²) in [6.45, 7) is 5.72. The Morgan fingerprint density at radius 2 is 2.15 bits per heavy atom. The van der Waals surface area contributed by atoms with Crippen LogP contribution in [0, 0.1) is 12.7 Å². The Morgan fingerprint density at radius 3 is 2.80 bits per heavy atom. The molecule has 108 valence electrons. The Morgan fingerprint density at radius 1 is 1.40 bits per heavy atom. The van der Waals surface area contributed by atoms with Gasteiger partial charge < -0.3 is 10.2 Å². The maximum atomic E-state index is 13.4. The highest BCUT2D eigenvalue weighted by Crippen LogP contribution is 2.28. The van der Waals surface area contributed by atoms with Crippen LogP contribution in [0.5, 0.6) is 0 Å². The van der Waals surface area contributed by atoms with Crippen LogP contribution >= 0.6 is 0 Å². The van der Waals surface area contributed by atoms with Crippen LogP contribution in [-0.2, 0) is 13.6 Å². The second-order valence-electron chi connectivity index (χ2n) is 4.83. The molecule has 0 bridgehead atoms. The van der Waals surface area contributed by atoms with Gasteiger partial charge in [-0.1, -0.05) is 13.0 Å². The summed E-state index contributed by atoms with van der Waals surface area (Å²) in [6.07, 6.45) is 0. The van der Waals surface area contributed by atoms with E-state index in [9.17, 15) is 4.39 Å². The van der Waals surface area contributed by atoms with E-state index in [-0.39, 0.29) is 5.82 Å². The average molecular weight is 276 g/mol. The van der Waals surface area contributed by atoms with E-state index in [0.29, 0.717) is 0 Å². The van der Waals surface area contributed by atoms with E-state index in [1.54, 1.807) is 6.07 Å². The number of aryl methyl sites for hydroxylation is 2. The molecule has 0 saturated heterocycles. The van der Waals surface area contributed by atoms with Crippen molar-refractivity contribution in [2.75, 3.05) is 18.5 Å². The van der Waals surface area contributed by atoms with Gasteiger partial charge in [-0.3, -0.25) is 4.68 Å². The molecule has 4 nitrogen and oxygen atoms in total. The molecule has 0 aliphatic heterocycles. The largest absolute Gasteiger partial charge is 0.329 e. The molecule has 1 heterocycles. The third-order valence-electron chi connectivity index (χ3n) is 3.38. The Bertz CT molecular complexity index is 592. The van der Waals surface area contributed by atoms with Gasteiger partial charge in [0.05, 0.1) is 5.69 Å². The summed E-state index contributed by atoms with van der Waals surface area (Å²) in [5.41, 5.74) is 2.94. The van der Waals surface area contributed by atoms with Crippen LogP contribution in [0.3, 0.4) is 0 Å². The molecule has 0 amide bonds. The summed E-state index contributed by atoms with van der Waals surface area (Å²) in [6, 6.07) is 6.58. The lowest BCUT2D eigenvalue weighted by Crippen LogP contribution is -2.18. The minimum atomic E-state index is -0.235. The lowest BCUT2D eigenvalue weighted by molar-refractivity contribution is 0.627. The van der Waals surface area contributed by atoms with E-state index in [2.05, 4.69) is 17.3 Å². The van der Waals surface area contributed by atoms with Crippen molar-refractivity contribution in [3.8, 4) is 0 Å². The predicted molar refractivity (Wildman–Crippen MR) is 79.8 cm³/mol. The van der Waals surface area contributed by atoms with E-state index < -0.39 is 0 Å². The molecule has 0 spiro atoms. The highest BCUT2D eigenvalue weighted by atomic mass is 19.1. The smallest absolute Gasteiger partial charge is 0.135 e. The zero-order chi connectivity index (χ0) is 14.7. The minimum absolute atomic E-state index is 0.235. The molecule has 1 aromatic heterocycles. The van der Waals surface area contributed by atoms with Gasteiger partial charge in [-0.15, -0.1) is 0 Å². The molecular weight excluding hydrogens is 255 g/mol. The van der Waals surface area contributed by atoms with Crippen LogP contribution in [0.25, 0.3) is 0 Å². The highest BCUT2D eigenvalue weighted by Gasteiger charge is 2.17. The standard InChI is InChI=1S/C15H21FN4/c1-5-17-10-14-11(2)18-20(4)15(14)19(3)13-8-6-7-12(16)9-13/h6-9,17H,5,10H2,1-4H3. The minimum Gasteiger partial charge on any atom is -0.329 e. The van der Waals surface area contributed by atoms with Crippen molar-refractivity contribution < 1.29 is 4.39 Å². The number of hydrogen-bond donors (Lipinski definition) is 1. The summed E-state index contributed by atoms with van der Waals surface area (Å²) in [5, 5.41) is 7.80. The molecule has 2 rings (SSSR count). The molecule has 0 fully saturated rings. The maximum Gasteiger partial charge on any atom is 0.135 e. The normalized spacial score (nSPS) is 10.8. The molecular formula is C15H21FN4. The number of halogens is 1. The summed E-state index contributed by atoms with van der Waals surface area (Å²) >= 11 is 0. The fourth-order valence-corrected chi connectivity index (χ4v) is 2.37. The Labute approximate surface area is 119 Å². The van der Waals surface area contributed by atoms with Gasteiger partial charge in [0.25, 0.3) is 0 Å². The molecule has 1 N–H and O–H groups in total. The van der Waals surface area contributed by atoms with Gasteiger partial charge in [0.2, 0.25) is 0 Å². The van der Waals surface area contributed by atoms with E-state index in [1.165, 1.54) is 12.1 Å². The fraction of sp³-hybridized carbons (Fsp3) is 0.400. The monoisotopic (exact) mass is 276 g/mol. The first-order valence-corrected chi connectivity index (χ1v) is 6.77. The van der Waals surface area contributed by atoms with E-state index in [1.807, 2.05) is 36.7 Å².